The highest BCUT2D eigenvalue weighted by Gasteiger charge is 2.24. The fraction of sp³-hybridized carbons (Fsp3) is 0.0526. The highest BCUT2D eigenvalue weighted by Crippen LogP contribution is 2.31. The quantitative estimate of drug-likeness (QED) is 0.703. The molecule has 0 bridgehead atoms. The van der Waals surface area contributed by atoms with E-state index in [9.17, 15) is 9.18 Å². The molecule has 124 valence electrons. The average Bonchev–Trinajstić information content (AvgIpc) is 3.11. The van der Waals surface area contributed by atoms with E-state index in [0.717, 1.165) is 16.5 Å². The number of para-hydroxylation sites is 2. The van der Waals surface area contributed by atoms with Crippen molar-refractivity contribution in [2.75, 3.05) is 0 Å². The number of halogens is 1. The van der Waals surface area contributed by atoms with E-state index in [4.69, 9.17) is 0 Å². The van der Waals surface area contributed by atoms with Gasteiger partial charge in [-0.25, -0.2) is 9.38 Å². The summed E-state index contributed by atoms with van der Waals surface area (Å²) < 4.78 is 15.7. The van der Waals surface area contributed by atoms with Crippen molar-refractivity contribution in [3.8, 4) is 0 Å². The van der Waals surface area contributed by atoms with E-state index < -0.39 is 5.82 Å². The summed E-state index contributed by atoms with van der Waals surface area (Å²) in [6, 6.07) is 14.2. The number of benzene rings is 2. The van der Waals surface area contributed by atoms with E-state index in [1.54, 1.807) is 18.2 Å². The van der Waals surface area contributed by atoms with Gasteiger partial charge in [0.25, 0.3) is 5.91 Å². The number of carbonyl (C=O) groups excluding carboxylic acids is 1. The van der Waals surface area contributed by atoms with Crippen LogP contribution in [0.25, 0.3) is 17.0 Å². The van der Waals surface area contributed by atoms with Crippen LogP contribution in [0.3, 0.4) is 0 Å². The number of aliphatic imine (C=N–C) groups is 1. The SMILES string of the molecule is Cn1cc(/C=C2\SC(=Nc3ccccc3F)NC2=O)c2ccccc21. The van der Waals surface area contributed by atoms with Crippen LogP contribution in [0.5, 0.6) is 0 Å². The van der Waals surface area contributed by atoms with Crippen molar-refractivity contribution in [3.05, 3.63) is 71.0 Å². The normalized spacial score (nSPS) is 17.6. The van der Waals surface area contributed by atoms with Gasteiger partial charge in [-0.2, -0.15) is 0 Å². The molecule has 1 N–H and O–H groups in total. The summed E-state index contributed by atoms with van der Waals surface area (Å²) in [6.45, 7) is 0. The Kier molecular flexibility index (Phi) is 3.89. The molecule has 1 aromatic heterocycles. The standard InChI is InChI=1S/C19H14FN3OS/c1-23-11-12(13-6-2-5-9-16(13)23)10-17-18(24)22-19(25-17)21-15-8-4-3-7-14(15)20/h2-11H,1H3,(H,21,22,24)/b17-10-. The molecule has 0 aliphatic carbocycles. The molecule has 1 aliphatic rings. The van der Waals surface area contributed by atoms with Gasteiger partial charge in [-0.05, 0) is 36.0 Å². The molecule has 0 saturated carbocycles. The second-order valence-corrected chi connectivity index (χ2v) is 6.68. The molecule has 1 amide bonds. The van der Waals surface area contributed by atoms with Gasteiger partial charge in [0, 0.05) is 29.7 Å². The van der Waals surface area contributed by atoms with Crippen LogP contribution in [-0.2, 0) is 11.8 Å². The van der Waals surface area contributed by atoms with Gasteiger partial charge in [0.1, 0.15) is 11.5 Å². The summed E-state index contributed by atoms with van der Waals surface area (Å²) in [5.41, 5.74) is 2.26. The Balaban J connectivity index is 1.69. The zero-order valence-corrected chi connectivity index (χ0v) is 14.2. The average molecular weight is 351 g/mol. The van der Waals surface area contributed by atoms with Gasteiger partial charge in [0.15, 0.2) is 5.17 Å². The van der Waals surface area contributed by atoms with Crippen LogP contribution < -0.4 is 5.32 Å². The van der Waals surface area contributed by atoms with Gasteiger partial charge < -0.3 is 9.88 Å². The minimum atomic E-state index is -0.420. The first-order chi connectivity index (χ1) is 12.1. The monoisotopic (exact) mass is 351 g/mol. The van der Waals surface area contributed by atoms with E-state index in [1.165, 1.54) is 17.8 Å². The maximum atomic E-state index is 13.7. The zero-order valence-electron chi connectivity index (χ0n) is 13.4. The fourth-order valence-corrected chi connectivity index (χ4v) is 3.59. The minimum Gasteiger partial charge on any atom is -0.350 e. The largest absolute Gasteiger partial charge is 0.350 e. The number of carbonyl (C=O) groups is 1. The van der Waals surface area contributed by atoms with Crippen molar-refractivity contribution >= 4 is 45.5 Å². The fourth-order valence-electron chi connectivity index (χ4n) is 2.76. The van der Waals surface area contributed by atoms with Crippen LogP contribution in [0.4, 0.5) is 10.1 Å². The lowest BCUT2D eigenvalue weighted by molar-refractivity contribution is -0.115. The van der Waals surface area contributed by atoms with Crippen LogP contribution >= 0.6 is 11.8 Å². The number of fused-ring (bicyclic) bond motifs is 1. The number of aromatic nitrogens is 1. The second kappa shape index (κ2) is 6.22. The molecule has 0 unspecified atom stereocenters. The van der Waals surface area contributed by atoms with E-state index in [-0.39, 0.29) is 11.6 Å². The highest BCUT2D eigenvalue weighted by atomic mass is 32.2. The predicted octanol–water partition coefficient (Wildman–Crippen LogP) is 4.21. The van der Waals surface area contributed by atoms with Crippen molar-refractivity contribution in [2.24, 2.45) is 12.0 Å². The molecule has 1 aliphatic heterocycles. The summed E-state index contributed by atoms with van der Waals surface area (Å²) in [4.78, 5) is 17.0. The molecule has 6 heteroatoms. The summed E-state index contributed by atoms with van der Waals surface area (Å²) in [5.74, 6) is -0.649. The van der Waals surface area contributed by atoms with Crippen molar-refractivity contribution in [1.29, 1.82) is 0 Å². The Hall–Kier alpha value is -2.86. The van der Waals surface area contributed by atoms with E-state index in [2.05, 4.69) is 10.3 Å². The number of rotatable bonds is 2. The highest BCUT2D eigenvalue weighted by molar-refractivity contribution is 8.18. The van der Waals surface area contributed by atoms with Gasteiger partial charge in [-0.3, -0.25) is 4.79 Å². The van der Waals surface area contributed by atoms with Crippen LogP contribution in [-0.4, -0.2) is 15.6 Å². The van der Waals surface area contributed by atoms with Gasteiger partial charge in [0.2, 0.25) is 0 Å². The molecule has 1 fully saturated rings. The van der Waals surface area contributed by atoms with Crippen molar-refractivity contribution in [3.63, 3.8) is 0 Å². The molecular weight excluding hydrogens is 337 g/mol. The molecule has 0 atom stereocenters. The number of hydrogen-bond donors (Lipinski definition) is 1. The first kappa shape index (κ1) is 15.7. The van der Waals surface area contributed by atoms with E-state index >= 15 is 0 Å². The number of hydrogen-bond acceptors (Lipinski definition) is 3. The maximum Gasteiger partial charge on any atom is 0.264 e. The minimum absolute atomic E-state index is 0.205. The molecule has 3 aromatic rings. The summed E-state index contributed by atoms with van der Waals surface area (Å²) >= 11 is 1.21. The molecule has 1 saturated heterocycles. The number of nitrogens with zero attached hydrogens (tertiary/aromatic N) is 2. The molecule has 4 rings (SSSR count). The number of aryl methyl sites for hydroxylation is 1. The first-order valence-electron chi connectivity index (χ1n) is 7.70. The molecule has 0 spiro atoms. The Morgan fingerprint density at radius 2 is 1.92 bits per heavy atom. The lowest BCUT2D eigenvalue weighted by atomic mass is 10.1. The second-order valence-electron chi connectivity index (χ2n) is 5.65. The lowest BCUT2D eigenvalue weighted by Gasteiger charge is -1.97. The summed E-state index contributed by atoms with van der Waals surface area (Å²) in [6.07, 6.45) is 3.82. The Labute approximate surface area is 148 Å². The number of amides is 1. The van der Waals surface area contributed by atoms with Crippen LogP contribution in [0.1, 0.15) is 5.56 Å². The van der Waals surface area contributed by atoms with Crippen LogP contribution in [0.15, 0.2) is 64.6 Å². The van der Waals surface area contributed by atoms with Crippen LogP contribution in [0.2, 0.25) is 0 Å². The predicted molar refractivity (Wildman–Crippen MR) is 100 cm³/mol. The van der Waals surface area contributed by atoms with Crippen molar-refractivity contribution < 1.29 is 9.18 Å². The third-order valence-electron chi connectivity index (χ3n) is 3.94. The zero-order chi connectivity index (χ0) is 17.4. The first-order valence-corrected chi connectivity index (χ1v) is 8.51. The van der Waals surface area contributed by atoms with Crippen molar-refractivity contribution in [2.45, 2.75) is 0 Å². The van der Waals surface area contributed by atoms with Crippen molar-refractivity contribution in [1.82, 2.24) is 9.88 Å². The smallest absolute Gasteiger partial charge is 0.264 e. The van der Waals surface area contributed by atoms with Gasteiger partial charge >= 0.3 is 0 Å². The maximum absolute atomic E-state index is 13.7. The third-order valence-corrected chi connectivity index (χ3v) is 4.85. The Morgan fingerprint density at radius 1 is 1.16 bits per heavy atom. The van der Waals surface area contributed by atoms with Gasteiger partial charge in [0.05, 0.1) is 4.91 Å². The molecule has 2 aromatic carbocycles. The lowest BCUT2D eigenvalue weighted by Crippen LogP contribution is -2.19. The Morgan fingerprint density at radius 3 is 2.76 bits per heavy atom. The van der Waals surface area contributed by atoms with E-state index in [0.29, 0.717) is 10.1 Å². The van der Waals surface area contributed by atoms with Crippen LogP contribution in [0, 0.1) is 5.82 Å². The summed E-state index contributed by atoms with van der Waals surface area (Å²) in [7, 11) is 1.97. The van der Waals surface area contributed by atoms with Gasteiger partial charge in [-0.15, -0.1) is 0 Å². The number of thioether (sulfide) groups is 1. The third kappa shape index (κ3) is 2.96. The Bertz CT molecular complexity index is 1050. The number of amidine groups is 1. The molecule has 2 heterocycles. The summed E-state index contributed by atoms with van der Waals surface area (Å²) in [5, 5.41) is 4.14. The number of nitrogens with one attached hydrogen (secondary N) is 1. The topological polar surface area (TPSA) is 46.4 Å². The molecule has 25 heavy (non-hydrogen) atoms. The van der Waals surface area contributed by atoms with E-state index in [1.807, 2.05) is 48.2 Å². The molecule has 0 radical (unpaired) electrons. The molecule has 4 nitrogen and oxygen atoms in total. The van der Waals surface area contributed by atoms with Gasteiger partial charge in [-0.1, -0.05) is 30.3 Å². The molecular formula is C19H14FN3OS.